The van der Waals surface area contributed by atoms with E-state index < -0.39 is 83.1 Å². The summed E-state index contributed by atoms with van der Waals surface area (Å²) in [5.41, 5.74) is -2.15. The number of ether oxygens (including phenoxy) is 5. The van der Waals surface area contributed by atoms with Crippen LogP contribution in [0.3, 0.4) is 0 Å². The first-order valence-electron chi connectivity index (χ1n) is 12.5. The first-order valence-corrected chi connectivity index (χ1v) is 12.5. The fraction of sp³-hybridized carbons (Fsp3) is 0.407. The Morgan fingerprint density at radius 3 is 1.91 bits per heavy atom. The highest BCUT2D eigenvalue weighted by molar-refractivity contribution is 5.37. The number of allylic oxidation sites excluding steroid dienone is 2. The van der Waals surface area contributed by atoms with Crippen LogP contribution in [-0.2, 0) is 15.6 Å². The second-order valence-corrected chi connectivity index (χ2v) is 9.12. The first-order chi connectivity index (χ1) is 20.1. The molecule has 0 radical (unpaired) electrons. The molecule has 0 N–H and O–H groups in total. The molecule has 0 saturated carbocycles. The number of benzene rings is 2. The van der Waals surface area contributed by atoms with Crippen LogP contribution >= 0.6 is 0 Å². The van der Waals surface area contributed by atoms with Crippen LogP contribution < -0.4 is 14.2 Å². The number of hydrogen-bond acceptors (Lipinski definition) is 5. The zero-order chi connectivity index (χ0) is 31.9. The standard InChI is InChI=1S/C27H23F11O5/c1-2-3-4-5-14-12-39-21(40-13-14)6-7-26(35,36)42-15-8-17(28)22(18(29)9-15)27(37,38)43-16-10-19(30)23(20(31)11-16)41-25(34)24(32)33/h2-3,8-11,14,21H,4-7,12-13H2,1H3. The third kappa shape index (κ3) is 9.48. The Morgan fingerprint density at radius 2 is 1.37 bits per heavy atom. The van der Waals surface area contributed by atoms with Gasteiger partial charge in [0, 0.05) is 36.6 Å². The number of rotatable bonds is 13. The Hall–Kier alpha value is -3.53. The van der Waals surface area contributed by atoms with Crippen LogP contribution in [0.15, 0.2) is 48.5 Å². The monoisotopic (exact) mass is 636 g/mol. The molecule has 1 aliphatic heterocycles. The van der Waals surface area contributed by atoms with Crippen molar-refractivity contribution in [3.63, 3.8) is 0 Å². The molecule has 1 fully saturated rings. The van der Waals surface area contributed by atoms with E-state index in [2.05, 4.69) is 14.2 Å². The van der Waals surface area contributed by atoms with Crippen LogP contribution in [0, 0.1) is 29.2 Å². The van der Waals surface area contributed by atoms with Gasteiger partial charge in [-0.25, -0.2) is 17.6 Å². The SMILES string of the molecule is CC=CCCC1COC(CCC(F)(F)Oc2cc(F)c(C(F)(F)Oc3cc(F)c(OC(F)=C(F)F)c(F)c3)c(F)c2)OC1. The Labute approximate surface area is 237 Å². The van der Waals surface area contributed by atoms with E-state index in [-0.39, 0.29) is 49.8 Å². The zero-order valence-corrected chi connectivity index (χ0v) is 22.1. The molecule has 0 unspecified atom stereocenters. The van der Waals surface area contributed by atoms with Gasteiger partial charge in [0.15, 0.2) is 17.9 Å². The molecule has 1 heterocycles. The zero-order valence-electron chi connectivity index (χ0n) is 22.1. The second kappa shape index (κ2) is 14.3. The minimum absolute atomic E-state index is 0.00523. The highest BCUT2D eigenvalue weighted by atomic mass is 19.3. The molecule has 238 valence electrons. The molecule has 0 atom stereocenters. The van der Waals surface area contributed by atoms with Crippen molar-refractivity contribution in [3.8, 4) is 17.2 Å². The summed E-state index contributed by atoms with van der Waals surface area (Å²) in [5.74, 6) is -12.6. The van der Waals surface area contributed by atoms with Crippen LogP contribution in [-0.4, -0.2) is 25.6 Å². The average molecular weight is 636 g/mol. The van der Waals surface area contributed by atoms with E-state index in [9.17, 15) is 48.3 Å². The van der Waals surface area contributed by atoms with Crippen molar-refractivity contribution in [1.29, 1.82) is 0 Å². The van der Waals surface area contributed by atoms with Crippen molar-refractivity contribution >= 4 is 0 Å². The highest BCUT2D eigenvalue weighted by Crippen LogP contribution is 2.39. The van der Waals surface area contributed by atoms with Crippen LogP contribution in [0.5, 0.6) is 17.2 Å². The second-order valence-electron chi connectivity index (χ2n) is 9.12. The lowest BCUT2D eigenvalue weighted by Crippen LogP contribution is -2.34. The molecular formula is C27H23F11O5. The molecule has 2 aromatic rings. The third-order valence-electron chi connectivity index (χ3n) is 5.82. The summed E-state index contributed by atoms with van der Waals surface area (Å²) in [6.45, 7) is 2.41. The fourth-order valence-electron chi connectivity index (χ4n) is 3.83. The summed E-state index contributed by atoms with van der Waals surface area (Å²) >= 11 is 0. The van der Waals surface area contributed by atoms with Crippen LogP contribution in [0.25, 0.3) is 0 Å². The van der Waals surface area contributed by atoms with Crippen LogP contribution in [0.1, 0.15) is 38.2 Å². The lowest BCUT2D eigenvalue weighted by atomic mass is 10.0. The molecule has 1 aliphatic rings. The number of alkyl halides is 4. The van der Waals surface area contributed by atoms with Gasteiger partial charge in [0.2, 0.25) is 5.75 Å². The number of hydrogen-bond donors (Lipinski definition) is 0. The van der Waals surface area contributed by atoms with Crippen molar-refractivity contribution in [2.45, 2.75) is 51.1 Å². The van der Waals surface area contributed by atoms with Gasteiger partial charge in [-0.15, -0.1) is 0 Å². The molecule has 0 aliphatic carbocycles. The lowest BCUT2D eigenvalue weighted by Gasteiger charge is -2.30. The molecule has 16 heteroatoms. The van der Waals surface area contributed by atoms with Crippen molar-refractivity contribution in [1.82, 2.24) is 0 Å². The summed E-state index contributed by atoms with van der Waals surface area (Å²) in [7, 11) is 0. The van der Waals surface area contributed by atoms with Gasteiger partial charge < -0.3 is 23.7 Å². The van der Waals surface area contributed by atoms with E-state index in [4.69, 9.17) is 9.47 Å². The van der Waals surface area contributed by atoms with E-state index in [1.165, 1.54) is 0 Å². The molecule has 0 amide bonds. The summed E-state index contributed by atoms with van der Waals surface area (Å²) < 4.78 is 175. The molecule has 5 nitrogen and oxygen atoms in total. The van der Waals surface area contributed by atoms with E-state index >= 15 is 0 Å². The Balaban J connectivity index is 1.65. The maximum atomic E-state index is 14.6. The van der Waals surface area contributed by atoms with Crippen LogP contribution in [0.4, 0.5) is 48.3 Å². The van der Waals surface area contributed by atoms with Gasteiger partial charge >= 0.3 is 24.3 Å². The largest absolute Gasteiger partial charge is 0.432 e. The van der Waals surface area contributed by atoms with Gasteiger partial charge in [-0.3, -0.25) is 0 Å². The highest BCUT2D eigenvalue weighted by Gasteiger charge is 2.43. The van der Waals surface area contributed by atoms with Gasteiger partial charge in [0.1, 0.15) is 28.7 Å². The third-order valence-corrected chi connectivity index (χ3v) is 5.82. The Kier molecular flexibility index (Phi) is 11.3. The lowest BCUT2D eigenvalue weighted by molar-refractivity contribution is -0.229. The van der Waals surface area contributed by atoms with E-state index in [0.29, 0.717) is 0 Å². The maximum Gasteiger partial charge on any atom is 0.432 e. The fourth-order valence-corrected chi connectivity index (χ4v) is 3.83. The first kappa shape index (κ1) is 34.0. The normalized spacial score (nSPS) is 17.7. The van der Waals surface area contributed by atoms with Crippen LogP contribution in [0.2, 0.25) is 0 Å². The van der Waals surface area contributed by atoms with Crippen molar-refractivity contribution in [2.24, 2.45) is 5.92 Å². The Bertz CT molecular complexity index is 1270. The summed E-state index contributed by atoms with van der Waals surface area (Å²) in [5, 5.41) is 0. The van der Waals surface area contributed by atoms with E-state index in [1.54, 1.807) is 0 Å². The predicted molar refractivity (Wildman–Crippen MR) is 126 cm³/mol. The minimum Gasteiger partial charge on any atom is -0.432 e. The summed E-state index contributed by atoms with van der Waals surface area (Å²) in [6.07, 6.45) is -9.11. The smallest absolute Gasteiger partial charge is 0.432 e. The quantitative estimate of drug-likeness (QED) is 0.125. The maximum absolute atomic E-state index is 14.6. The Morgan fingerprint density at radius 1 is 0.837 bits per heavy atom. The molecule has 2 aromatic carbocycles. The predicted octanol–water partition coefficient (Wildman–Crippen LogP) is 8.88. The van der Waals surface area contributed by atoms with Gasteiger partial charge in [-0.2, -0.15) is 30.7 Å². The van der Waals surface area contributed by atoms with Crippen molar-refractivity contribution in [2.75, 3.05) is 13.2 Å². The average Bonchev–Trinajstić information content (AvgIpc) is 2.89. The van der Waals surface area contributed by atoms with Gasteiger partial charge in [-0.05, 0) is 19.8 Å². The van der Waals surface area contributed by atoms with Gasteiger partial charge in [0.25, 0.3) is 0 Å². The minimum atomic E-state index is -5.01. The summed E-state index contributed by atoms with van der Waals surface area (Å²) in [6, 6.07) is -2.83. The molecular weight excluding hydrogens is 613 g/mol. The van der Waals surface area contributed by atoms with E-state index in [1.807, 2.05) is 19.1 Å². The molecule has 0 aromatic heterocycles. The molecule has 1 saturated heterocycles. The van der Waals surface area contributed by atoms with Gasteiger partial charge in [0.05, 0.1) is 19.6 Å². The summed E-state index contributed by atoms with van der Waals surface area (Å²) in [4.78, 5) is 0. The molecule has 43 heavy (non-hydrogen) atoms. The topological polar surface area (TPSA) is 46.2 Å². The molecule has 0 bridgehead atoms. The molecule has 3 rings (SSSR count). The number of halogens is 11. The van der Waals surface area contributed by atoms with Crippen molar-refractivity contribution in [3.05, 3.63) is 77.3 Å². The van der Waals surface area contributed by atoms with E-state index in [0.717, 1.165) is 12.8 Å². The van der Waals surface area contributed by atoms with Crippen molar-refractivity contribution < 1.29 is 72.0 Å². The molecule has 0 spiro atoms. The van der Waals surface area contributed by atoms with Gasteiger partial charge in [-0.1, -0.05) is 12.2 Å².